The maximum Gasteiger partial charge on any atom is 0.343 e. The highest BCUT2D eigenvalue weighted by molar-refractivity contribution is 5.91. The van der Waals surface area contributed by atoms with E-state index in [0.29, 0.717) is 11.3 Å². The van der Waals surface area contributed by atoms with Crippen LogP contribution in [0.5, 0.6) is 5.75 Å². The van der Waals surface area contributed by atoms with Gasteiger partial charge < -0.3 is 9.47 Å². The van der Waals surface area contributed by atoms with Crippen LogP contribution in [0.2, 0.25) is 0 Å². The van der Waals surface area contributed by atoms with E-state index in [9.17, 15) is 4.79 Å². The van der Waals surface area contributed by atoms with Gasteiger partial charge in [0.2, 0.25) is 0 Å². The van der Waals surface area contributed by atoms with E-state index < -0.39 is 0 Å². The number of esters is 1. The Kier molecular flexibility index (Phi) is 14.6. The van der Waals surface area contributed by atoms with Crippen LogP contribution in [0.1, 0.15) is 125 Å². The first-order chi connectivity index (χ1) is 19.6. The van der Waals surface area contributed by atoms with Crippen LogP contribution < -0.4 is 4.74 Å². The van der Waals surface area contributed by atoms with Crippen LogP contribution in [0, 0.1) is 0 Å². The van der Waals surface area contributed by atoms with Crippen LogP contribution in [-0.2, 0) is 11.2 Å². The fourth-order valence-electron chi connectivity index (χ4n) is 4.96. The van der Waals surface area contributed by atoms with Gasteiger partial charge in [-0.15, -0.1) is 0 Å². The van der Waals surface area contributed by atoms with Crippen molar-refractivity contribution in [3.8, 4) is 16.9 Å². The topological polar surface area (TPSA) is 35.5 Å². The predicted octanol–water partition coefficient (Wildman–Crippen LogP) is 10.9. The quantitative estimate of drug-likeness (QED) is 0.0858. The largest absolute Gasteiger partial charge is 0.423 e. The Morgan fingerprint density at radius 1 is 0.625 bits per heavy atom. The first-order valence-corrected chi connectivity index (χ1v) is 15.7. The van der Waals surface area contributed by atoms with E-state index in [0.717, 1.165) is 30.6 Å². The molecule has 3 aromatic rings. The minimum atomic E-state index is -0.349. The molecule has 0 aliphatic carbocycles. The van der Waals surface area contributed by atoms with E-state index in [4.69, 9.17) is 9.47 Å². The lowest BCUT2D eigenvalue weighted by molar-refractivity contribution is 0.0626. The number of hydrogen-bond donors (Lipinski definition) is 0. The normalized spacial score (nSPS) is 11.9. The summed E-state index contributed by atoms with van der Waals surface area (Å²) in [6, 6.07) is 24.0. The molecule has 0 amide bonds. The molecular formula is C37H50O3. The van der Waals surface area contributed by atoms with Crippen molar-refractivity contribution in [2.75, 3.05) is 6.61 Å². The minimum Gasteiger partial charge on any atom is -0.423 e. The van der Waals surface area contributed by atoms with E-state index in [1.165, 1.54) is 81.8 Å². The lowest BCUT2D eigenvalue weighted by Gasteiger charge is -2.14. The van der Waals surface area contributed by atoms with Crippen molar-refractivity contribution in [3.63, 3.8) is 0 Å². The van der Waals surface area contributed by atoms with Crippen LogP contribution in [0.25, 0.3) is 11.1 Å². The zero-order valence-electron chi connectivity index (χ0n) is 25.1. The van der Waals surface area contributed by atoms with E-state index in [1.54, 1.807) is 0 Å². The van der Waals surface area contributed by atoms with Gasteiger partial charge in [0.25, 0.3) is 0 Å². The summed E-state index contributed by atoms with van der Waals surface area (Å²) in [5.74, 6) is 0.198. The number of aryl methyl sites for hydroxylation is 1. The molecule has 0 fully saturated rings. The summed E-state index contributed by atoms with van der Waals surface area (Å²) in [5, 5.41) is 0. The van der Waals surface area contributed by atoms with E-state index in [2.05, 4.69) is 45.0 Å². The highest BCUT2D eigenvalue weighted by atomic mass is 16.5. The molecule has 3 aromatic carbocycles. The van der Waals surface area contributed by atoms with Crippen LogP contribution in [-0.4, -0.2) is 12.6 Å². The number of carbonyl (C=O) groups excluding carboxylic acids is 1. The molecule has 3 rings (SSSR count). The fourth-order valence-corrected chi connectivity index (χ4v) is 4.96. The van der Waals surface area contributed by atoms with Crippen molar-refractivity contribution in [2.24, 2.45) is 0 Å². The average molecular weight is 543 g/mol. The van der Waals surface area contributed by atoms with Gasteiger partial charge in [0.15, 0.2) is 0 Å². The van der Waals surface area contributed by atoms with Crippen LogP contribution in [0.3, 0.4) is 0 Å². The van der Waals surface area contributed by atoms with Gasteiger partial charge in [-0.2, -0.15) is 0 Å². The molecule has 3 nitrogen and oxygen atoms in total. The number of benzene rings is 3. The summed E-state index contributed by atoms with van der Waals surface area (Å²) in [4.78, 5) is 12.7. The second kappa shape index (κ2) is 18.4. The number of hydrogen-bond acceptors (Lipinski definition) is 3. The third kappa shape index (κ3) is 11.3. The monoisotopic (exact) mass is 542 g/mol. The molecule has 216 valence electrons. The third-order valence-electron chi connectivity index (χ3n) is 7.65. The van der Waals surface area contributed by atoms with Gasteiger partial charge >= 0.3 is 5.97 Å². The Balaban J connectivity index is 1.36. The van der Waals surface area contributed by atoms with Crippen LogP contribution in [0.15, 0.2) is 72.8 Å². The Bertz CT molecular complexity index is 1080. The average Bonchev–Trinajstić information content (AvgIpc) is 2.99. The first-order valence-electron chi connectivity index (χ1n) is 15.7. The van der Waals surface area contributed by atoms with Crippen molar-refractivity contribution in [3.05, 3.63) is 89.5 Å². The Morgan fingerprint density at radius 3 is 1.73 bits per heavy atom. The summed E-state index contributed by atoms with van der Waals surface area (Å²) >= 11 is 0. The molecule has 0 saturated heterocycles. The van der Waals surface area contributed by atoms with Crippen molar-refractivity contribution in [2.45, 2.75) is 110 Å². The first kappa shape index (κ1) is 31.6. The smallest absolute Gasteiger partial charge is 0.343 e. The molecule has 0 N–H and O–H groups in total. The van der Waals surface area contributed by atoms with Crippen molar-refractivity contribution in [1.29, 1.82) is 0 Å². The molecule has 0 aliphatic rings. The standard InChI is InChI=1S/C37H50O3/c1-4-6-8-9-10-11-12-13-14-15-29-39-30(3)32-21-23-35(24-22-32)37(38)40-36-27-25-34(26-28-36)33-19-17-31(18-20-33)16-7-5-2/h17-28,30H,4-16,29H2,1-3H3. The second-order valence-corrected chi connectivity index (χ2v) is 11.0. The Morgan fingerprint density at radius 2 is 1.15 bits per heavy atom. The highest BCUT2D eigenvalue weighted by Gasteiger charge is 2.11. The number of rotatable bonds is 19. The zero-order valence-corrected chi connectivity index (χ0v) is 25.1. The van der Waals surface area contributed by atoms with Gasteiger partial charge in [-0.1, -0.05) is 127 Å². The summed E-state index contributed by atoms with van der Waals surface area (Å²) in [5.41, 5.74) is 5.26. The summed E-state index contributed by atoms with van der Waals surface area (Å²) in [6.07, 6.45) is 16.8. The van der Waals surface area contributed by atoms with Gasteiger partial charge in [0.1, 0.15) is 5.75 Å². The van der Waals surface area contributed by atoms with Crippen LogP contribution in [0.4, 0.5) is 0 Å². The molecule has 0 aromatic heterocycles. The van der Waals surface area contributed by atoms with E-state index in [1.807, 2.05) is 48.5 Å². The number of unbranched alkanes of at least 4 members (excludes halogenated alkanes) is 10. The van der Waals surface area contributed by atoms with Crippen LogP contribution >= 0.6 is 0 Å². The molecular weight excluding hydrogens is 492 g/mol. The molecule has 0 radical (unpaired) electrons. The van der Waals surface area contributed by atoms with Gasteiger partial charge in [-0.3, -0.25) is 0 Å². The molecule has 40 heavy (non-hydrogen) atoms. The van der Waals surface area contributed by atoms with Crippen molar-refractivity contribution >= 4 is 5.97 Å². The third-order valence-corrected chi connectivity index (χ3v) is 7.65. The molecule has 1 atom stereocenters. The number of ether oxygens (including phenoxy) is 2. The van der Waals surface area contributed by atoms with E-state index >= 15 is 0 Å². The SMILES string of the molecule is CCCCCCCCCCCCOC(C)c1ccc(C(=O)Oc2ccc(-c3ccc(CCCC)cc3)cc2)cc1. The maximum absolute atomic E-state index is 12.7. The summed E-state index contributed by atoms with van der Waals surface area (Å²) in [6.45, 7) is 7.34. The molecule has 0 heterocycles. The molecule has 0 bridgehead atoms. The summed E-state index contributed by atoms with van der Waals surface area (Å²) in [7, 11) is 0. The molecule has 3 heteroatoms. The number of carbonyl (C=O) groups is 1. The Labute approximate surface area is 243 Å². The van der Waals surface area contributed by atoms with E-state index in [-0.39, 0.29) is 12.1 Å². The minimum absolute atomic E-state index is 0.0110. The zero-order chi connectivity index (χ0) is 28.4. The lowest BCUT2D eigenvalue weighted by atomic mass is 10.0. The Hall–Kier alpha value is -2.91. The second-order valence-electron chi connectivity index (χ2n) is 11.0. The predicted molar refractivity (Wildman–Crippen MR) is 168 cm³/mol. The van der Waals surface area contributed by atoms with Gasteiger partial charge in [-0.05, 0) is 72.7 Å². The molecule has 0 aliphatic heterocycles. The van der Waals surface area contributed by atoms with Crippen molar-refractivity contribution < 1.29 is 14.3 Å². The highest BCUT2D eigenvalue weighted by Crippen LogP contribution is 2.24. The lowest BCUT2D eigenvalue weighted by Crippen LogP contribution is -2.09. The molecule has 1 unspecified atom stereocenters. The van der Waals surface area contributed by atoms with Gasteiger partial charge in [0, 0.05) is 6.61 Å². The van der Waals surface area contributed by atoms with Crippen molar-refractivity contribution in [1.82, 2.24) is 0 Å². The fraction of sp³-hybridized carbons (Fsp3) is 0.486. The molecule has 0 saturated carbocycles. The molecule has 0 spiro atoms. The maximum atomic E-state index is 12.7. The summed E-state index contributed by atoms with van der Waals surface area (Å²) < 4.78 is 11.7. The van der Waals surface area contributed by atoms with Gasteiger partial charge in [-0.25, -0.2) is 4.79 Å². The van der Waals surface area contributed by atoms with Gasteiger partial charge in [0.05, 0.1) is 11.7 Å².